The standard InChI is InChI=1S/C24H31N/c1-17(2)20-10-8-9-11-22(20)24(6,7)15-18-12-13-21(23(3,4)5)19(14-18)16-25/h8-14,17H,15H2,1-7H3. The second-order valence-electron chi connectivity index (χ2n) is 9.04. The van der Waals surface area contributed by atoms with E-state index in [4.69, 9.17) is 0 Å². The Labute approximate surface area is 153 Å². The first kappa shape index (κ1) is 19.3. The molecule has 0 bridgehead atoms. The summed E-state index contributed by atoms with van der Waals surface area (Å²) in [4.78, 5) is 0. The summed E-state index contributed by atoms with van der Waals surface area (Å²) in [7, 11) is 0. The summed E-state index contributed by atoms with van der Waals surface area (Å²) in [5.74, 6) is 0.508. The molecule has 0 spiro atoms. The Hall–Kier alpha value is -2.07. The van der Waals surface area contributed by atoms with Gasteiger partial charge in [-0.05, 0) is 51.5 Å². The van der Waals surface area contributed by atoms with Crippen molar-refractivity contribution in [2.75, 3.05) is 0 Å². The van der Waals surface area contributed by atoms with Crippen LogP contribution in [0, 0.1) is 11.3 Å². The summed E-state index contributed by atoms with van der Waals surface area (Å²) >= 11 is 0. The third kappa shape index (κ3) is 4.31. The van der Waals surface area contributed by atoms with Crippen molar-refractivity contribution in [3.63, 3.8) is 0 Å². The van der Waals surface area contributed by atoms with Crippen LogP contribution in [0.3, 0.4) is 0 Å². The van der Waals surface area contributed by atoms with Gasteiger partial charge < -0.3 is 0 Å². The first-order chi connectivity index (χ1) is 11.6. The summed E-state index contributed by atoms with van der Waals surface area (Å²) in [5, 5.41) is 9.59. The third-order valence-corrected chi connectivity index (χ3v) is 4.97. The molecule has 0 atom stereocenters. The maximum Gasteiger partial charge on any atom is 0.0994 e. The molecular weight excluding hydrogens is 302 g/mol. The molecule has 132 valence electrons. The zero-order valence-electron chi connectivity index (χ0n) is 16.8. The highest BCUT2D eigenvalue weighted by Gasteiger charge is 2.26. The van der Waals surface area contributed by atoms with Gasteiger partial charge in [-0.1, -0.05) is 84.9 Å². The van der Waals surface area contributed by atoms with Crippen LogP contribution in [0.15, 0.2) is 42.5 Å². The first-order valence-electron chi connectivity index (χ1n) is 9.19. The molecule has 2 aromatic carbocycles. The molecule has 1 nitrogen and oxygen atoms in total. The Morgan fingerprint density at radius 2 is 1.56 bits per heavy atom. The summed E-state index contributed by atoms with van der Waals surface area (Å²) in [5.41, 5.74) is 5.99. The lowest BCUT2D eigenvalue weighted by Gasteiger charge is -2.30. The molecule has 0 aliphatic rings. The largest absolute Gasteiger partial charge is 0.192 e. The normalized spacial score (nSPS) is 12.3. The minimum Gasteiger partial charge on any atom is -0.192 e. The van der Waals surface area contributed by atoms with Crippen molar-refractivity contribution in [1.82, 2.24) is 0 Å². The molecule has 0 radical (unpaired) electrons. The SMILES string of the molecule is CC(C)c1ccccc1C(C)(C)Cc1ccc(C(C)(C)C)c(C#N)c1. The monoisotopic (exact) mass is 333 g/mol. The third-order valence-electron chi connectivity index (χ3n) is 4.97. The number of hydrogen-bond donors (Lipinski definition) is 0. The summed E-state index contributed by atoms with van der Waals surface area (Å²) in [6.07, 6.45) is 0.926. The molecule has 0 aliphatic carbocycles. The quantitative estimate of drug-likeness (QED) is 0.626. The molecule has 0 fully saturated rings. The van der Waals surface area contributed by atoms with Crippen LogP contribution in [0.1, 0.15) is 82.2 Å². The van der Waals surface area contributed by atoms with Gasteiger partial charge in [-0.15, -0.1) is 0 Å². The molecule has 25 heavy (non-hydrogen) atoms. The fourth-order valence-corrected chi connectivity index (χ4v) is 3.67. The van der Waals surface area contributed by atoms with Gasteiger partial charge in [0, 0.05) is 0 Å². The molecule has 0 saturated heterocycles. The molecule has 0 aromatic heterocycles. The van der Waals surface area contributed by atoms with Gasteiger partial charge in [-0.3, -0.25) is 0 Å². The van der Waals surface area contributed by atoms with Crippen LogP contribution < -0.4 is 0 Å². The van der Waals surface area contributed by atoms with E-state index in [1.54, 1.807) is 0 Å². The summed E-state index contributed by atoms with van der Waals surface area (Å²) < 4.78 is 0. The zero-order valence-corrected chi connectivity index (χ0v) is 16.8. The number of benzene rings is 2. The second-order valence-corrected chi connectivity index (χ2v) is 9.04. The maximum atomic E-state index is 9.59. The Morgan fingerprint density at radius 1 is 0.920 bits per heavy atom. The van der Waals surface area contributed by atoms with Crippen LogP contribution >= 0.6 is 0 Å². The van der Waals surface area contributed by atoms with Crippen molar-refractivity contribution in [2.24, 2.45) is 0 Å². The van der Waals surface area contributed by atoms with Crippen molar-refractivity contribution < 1.29 is 0 Å². The number of nitrogens with zero attached hydrogens (tertiary/aromatic N) is 1. The van der Waals surface area contributed by atoms with E-state index in [1.165, 1.54) is 16.7 Å². The topological polar surface area (TPSA) is 23.8 Å². The first-order valence-corrected chi connectivity index (χ1v) is 9.19. The van der Waals surface area contributed by atoms with Crippen molar-refractivity contribution >= 4 is 0 Å². The molecule has 0 unspecified atom stereocenters. The lowest BCUT2D eigenvalue weighted by molar-refractivity contribution is 0.513. The van der Waals surface area contributed by atoms with Crippen LogP contribution in [-0.2, 0) is 17.3 Å². The second kappa shape index (κ2) is 7.04. The molecule has 1 heteroatoms. The molecule has 0 N–H and O–H groups in total. The van der Waals surface area contributed by atoms with E-state index in [2.05, 4.69) is 97.0 Å². The summed E-state index contributed by atoms with van der Waals surface area (Å²) in [6, 6.07) is 17.6. The van der Waals surface area contributed by atoms with Crippen LogP contribution in [0.2, 0.25) is 0 Å². The number of hydrogen-bond acceptors (Lipinski definition) is 1. The van der Waals surface area contributed by atoms with E-state index in [0.717, 1.165) is 17.5 Å². The van der Waals surface area contributed by atoms with Gasteiger partial charge in [0.2, 0.25) is 0 Å². The molecule has 0 saturated carbocycles. The number of rotatable bonds is 4. The Kier molecular flexibility index (Phi) is 5.43. The van der Waals surface area contributed by atoms with Gasteiger partial charge in [0.05, 0.1) is 11.6 Å². The Bertz CT molecular complexity index is 782. The van der Waals surface area contributed by atoms with Crippen LogP contribution in [0.4, 0.5) is 0 Å². The minimum atomic E-state index is -0.0106. The highest BCUT2D eigenvalue weighted by molar-refractivity contribution is 5.45. The van der Waals surface area contributed by atoms with E-state index < -0.39 is 0 Å². The van der Waals surface area contributed by atoms with E-state index in [1.807, 2.05) is 0 Å². The van der Waals surface area contributed by atoms with E-state index in [9.17, 15) is 5.26 Å². The Morgan fingerprint density at radius 3 is 2.12 bits per heavy atom. The van der Waals surface area contributed by atoms with Crippen molar-refractivity contribution in [1.29, 1.82) is 5.26 Å². The van der Waals surface area contributed by atoms with Gasteiger partial charge in [0.25, 0.3) is 0 Å². The molecule has 0 amide bonds. The smallest absolute Gasteiger partial charge is 0.0994 e. The molecule has 0 heterocycles. The average molecular weight is 334 g/mol. The maximum absolute atomic E-state index is 9.59. The molecular formula is C24H31N. The van der Waals surface area contributed by atoms with Crippen molar-refractivity contribution in [3.8, 4) is 6.07 Å². The molecule has 0 aliphatic heterocycles. The molecule has 2 rings (SSSR count). The lowest BCUT2D eigenvalue weighted by Crippen LogP contribution is -2.23. The van der Waals surface area contributed by atoms with Gasteiger partial charge in [-0.2, -0.15) is 5.26 Å². The van der Waals surface area contributed by atoms with Crippen LogP contribution in [0.25, 0.3) is 0 Å². The van der Waals surface area contributed by atoms with Crippen LogP contribution in [0.5, 0.6) is 0 Å². The van der Waals surface area contributed by atoms with Gasteiger partial charge >= 0.3 is 0 Å². The van der Waals surface area contributed by atoms with Gasteiger partial charge in [-0.25, -0.2) is 0 Å². The van der Waals surface area contributed by atoms with Crippen molar-refractivity contribution in [3.05, 3.63) is 70.3 Å². The summed E-state index contributed by atoms with van der Waals surface area (Å²) in [6.45, 7) is 15.6. The van der Waals surface area contributed by atoms with E-state index >= 15 is 0 Å². The van der Waals surface area contributed by atoms with Crippen LogP contribution in [-0.4, -0.2) is 0 Å². The van der Waals surface area contributed by atoms with Gasteiger partial charge in [0.15, 0.2) is 0 Å². The predicted octanol–water partition coefficient (Wildman–Crippen LogP) is 6.50. The fourth-order valence-electron chi connectivity index (χ4n) is 3.67. The van der Waals surface area contributed by atoms with Crippen molar-refractivity contribution in [2.45, 2.75) is 71.6 Å². The minimum absolute atomic E-state index is 0.0106. The van der Waals surface area contributed by atoms with Gasteiger partial charge in [0.1, 0.15) is 0 Å². The Balaban J connectivity index is 2.41. The highest BCUT2D eigenvalue weighted by atomic mass is 14.3. The van der Waals surface area contributed by atoms with E-state index in [0.29, 0.717) is 5.92 Å². The molecule has 2 aromatic rings. The zero-order chi connectivity index (χ0) is 18.8. The van der Waals surface area contributed by atoms with E-state index in [-0.39, 0.29) is 10.8 Å². The highest BCUT2D eigenvalue weighted by Crippen LogP contribution is 2.34. The lowest BCUT2D eigenvalue weighted by atomic mass is 9.74. The average Bonchev–Trinajstić information content (AvgIpc) is 2.53. The number of nitriles is 1. The fraction of sp³-hybridized carbons (Fsp3) is 0.458. The predicted molar refractivity (Wildman–Crippen MR) is 107 cm³/mol.